The minimum absolute atomic E-state index is 0.0533. The number of nitrogens with zero attached hydrogens (tertiary/aromatic N) is 6. The lowest BCUT2D eigenvalue weighted by atomic mass is 10.1. The van der Waals surface area contributed by atoms with Gasteiger partial charge in [0.25, 0.3) is 23.6 Å². The maximum absolute atomic E-state index is 13.5. The first kappa shape index (κ1) is 52.0. The summed E-state index contributed by atoms with van der Waals surface area (Å²) in [7, 11) is 1.13. The number of hydrogen-bond acceptors (Lipinski definition) is 12. The van der Waals surface area contributed by atoms with E-state index in [1.807, 2.05) is 0 Å². The van der Waals surface area contributed by atoms with E-state index in [9.17, 15) is 50.3 Å². The monoisotopic (exact) mass is 986 g/mol. The number of rotatable bonds is 17. The molecule has 0 radical (unpaired) electrons. The average molecular weight is 987 g/mol. The third-order valence-electron chi connectivity index (χ3n) is 9.03. The smallest absolute Gasteiger partial charge is 0.435 e. The van der Waals surface area contributed by atoms with Crippen molar-refractivity contribution in [1.82, 2.24) is 50.8 Å². The van der Waals surface area contributed by atoms with Crippen LogP contribution in [0, 0.1) is 0 Å². The molecule has 4 amide bonds. The highest BCUT2D eigenvalue weighted by Gasteiger charge is 2.40. The molecule has 4 heterocycles. The number of methoxy groups -OCH3 is 1. The molecule has 0 aliphatic carbocycles. The number of carbonyl (C=O) groups excluding carboxylic acids is 5. The van der Waals surface area contributed by atoms with Crippen LogP contribution in [-0.4, -0.2) is 106 Å². The quantitative estimate of drug-likeness (QED) is 0.0351. The summed E-state index contributed by atoms with van der Waals surface area (Å²) >= 11 is 5.98. The Morgan fingerprint density at radius 1 is 0.551 bits per heavy atom. The molecule has 0 saturated heterocycles. The SMILES string of the molecule is CCOc1ccc(C(=O)NCCNC(=O)c2cn(-c3ccccc3)nc2C(F)(F)F)c(C(=O)OC)n1.CCOc1ccc(C(=O)NCCNC(=O)c2cn(-c3ccccc3)nc2C(F)(F)F)c(Cl)n1. The average Bonchev–Trinajstić information content (AvgIpc) is 4.00. The second kappa shape index (κ2) is 23.6. The molecule has 6 aromatic rings. The van der Waals surface area contributed by atoms with Crippen molar-refractivity contribution >= 4 is 41.2 Å². The molecule has 69 heavy (non-hydrogen) atoms. The molecule has 0 spiro atoms. The third kappa shape index (κ3) is 14.0. The fourth-order valence-electron chi connectivity index (χ4n) is 5.93. The number of aromatic nitrogens is 6. The van der Waals surface area contributed by atoms with Crippen molar-refractivity contribution in [1.29, 1.82) is 0 Å². The van der Waals surface area contributed by atoms with Crippen molar-refractivity contribution in [2.45, 2.75) is 26.2 Å². The van der Waals surface area contributed by atoms with Crippen molar-refractivity contribution in [3.8, 4) is 23.1 Å². The number of esters is 1. The van der Waals surface area contributed by atoms with E-state index in [4.69, 9.17) is 21.1 Å². The standard InChI is InChI=1S/C23H22F3N5O5.C21H19ClF3N5O3/c1-3-36-17-10-9-15(18(29-17)22(34)35-2)20(32)27-11-12-28-21(33)16-13-31(14-7-5-4-6-8-14)30-19(16)23(24,25)26;1-2-33-16-9-8-14(18(22)28-16)19(31)26-10-11-27-20(32)15-12-30(13-6-4-3-5-7-13)29-17(15)21(23,24)25/h4-10,13H,3,11-12H2,1-2H3,(H,27,32)(H,28,33);3-9,12H,2,10-11H2,1H3,(H,26,31)(H,27,32). The summed E-state index contributed by atoms with van der Waals surface area (Å²) in [6.45, 7) is 3.65. The van der Waals surface area contributed by atoms with Gasteiger partial charge in [0.2, 0.25) is 11.8 Å². The number of carbonyl (C=O) groups is 5. The predicted octanol–water partition coefficient (Wildman–Crippen LogP) is 6.13. The van der Waals surface area contributed by atoms with Crippen molar-refractivity contribution < 1.29 is 64.5 Å². The van der Waals surface area contributed by atoms with E-state index in [0.717, 1.165) is 28.9 Å². The van der Waals surface area contributed by atoms with Gasteiger partial charge < -0.3 is 35.5 Å². The number of para-hydroxylation sites is 2. The minimum atomic E-state index is -4.86. The summed E-state index contributed by atoms with van der Waals surface area (Å²) in [5.74, 6) is -3.71. The maximum atomic E-state index is 13.5. The van der Waals surface area contributed by atoms with Crippen molar-refractivity contribution in [2.75, 3.05) is 46.5 Å². The molecule has 0 unspecified atom stereocenters. The molecule has 2 aromatic carbocycles. The number of halogens is 7. The van der Waals surface area contributed by atoms with Gasteiger partial charge in [0.15, 0.2) is 17.1 Å². The van der Waals surface area contributed by atoms with Gasteiger partial charge in [0.05, 0.1) is 54.0 Å². The molecule has 25 heteroatoms. The Kier molecular flexibility index (Phi) is 17.8. The van der Waals surface area contributed by atoms with Crippen LogP contribution >= 0.6 is 11.6 Å². The summed E-state index contributed by atoms with van der Waals surface area (Å²) < 4.78 is 97.6. The Hall–Kier alpha value is -8.02. The Labute approximate surface area is 393 Å². The number of benzene rings is 2. The van der Waals surface area contributed by atoms with E-state index >= 15 is 0 Å². The van der Waals surface area contributed by atoms with Gasteiger partial charge in [-0.2, -0.15) is 36.5 Å². The predicted molar refractivity (Wildman–Crippen MR) is 234 cm³/mol. The number of amides is 4. The fourth-order valence-corrected chi connectivity index (χ4v) is 6.16. The normalized spacial score (nSPS) is 11.1. The van der Waals surface area contributed by atoms with Gasteiger partial charge in [-0.3, -0.25) is 19.2 Å². The third-order valence-corrected chi connectivity index (χ3v) is 9.32. The zero-order valence-electron chi connectivity index (χ0n) is 36.6. The maximum Gasteiger partial charge on any atom is 0.435 e. The zero-order valence-corrected chi connectivity index (χ0v) is 37.3. The van der Waals surface area contributed by atoms with Crippen LogP contribution in [0.5, 0.6) is 11.8 Å². The highest BCUT2D eigenvalue weighted by atomic mass is 35.5. The molecule has 364 valence electrons. The lowest BCUT2D eigenvalue weighted by molar-refractivity contribution is -0.142. The molecule has 0 aliphatic heterocycles. The van der Waals surface area contributed by atoms with Crippen LogP contribution in [0.25, 0.3) is 11.4 Å². The number of hydrogen-bond donors (Lipinski definition) is 4. The van der Waals surface area contributed by atoms with Crippen molar-refractivity contribution in [3.63, 3.8) is 0 Å². The van der Waals surface area contributed by atoms with E-state index in [0.29, 0.717) is 24.6 Å². The Morgan fingerprint density at radius 2 is 0.928 bits per heavy atom. The van der Waals surface area contributed by atoms with E-state index in [1.54, 1.807) is 74.5 Å². The molecule has 18 nitrogen and oxygen atoms in total. The van der Waals surface area contributed by atoms with Crippen LogP contribution in [0.3, 0.4) is 0 Å². The van der Waals surface area contributed by atoms with Crippen LogP contribution < -0.4 is 30.7 Å². The summed E-state index contributed by atoms with van der Waals surface area (Å²) in [6.07, 6.45) is -7.68. The Balaban J connectivity index is 0.000000258. The topological polar surface area (TPSA) is 223 Å². The number of alkyl halides is 6. The van der Waals surface area contributed by atoms with Gasteiger partial charge in [0.1, 0.15) is 5.15 Å². The van der Waals surface area contributed by atoms with E-state index in [-0.39, 0.29) is 59.9 Å². The van der Waals surface area contributed by atoms with Gasteiger partial charge in [-0.25, -0.2) is 24.1 Å². The Morgan fingerprint density at radius 3 is 1.30 bits per heavy atom. The molecular formula is C44H41ClF6N10O8. The molecule has 0 atom stereocenters. The molecule has 0 saturated carbocycles. The molecular weight excluding hydrogens is 946 g/mol. The number of ether oxygens (including phenoxy) is 3. The first-order valence-corrected chi connectivity index (χ1v) is 20.8. The lowest BCUT2D eigenvalue weighted by Crippen LogP contribution is -2.36. The zero-order chi connectivity index (χ0) is 50.3. The molecule has 0 aliphatic rings. The summed E-state index contributed by atoms with van der Waals surface area (Å²) in [4.78, 5) is 69.6. The molecule has 4 aromatic heterocycles. The van der Waals surface area contributed by atoms with Crippen molar-refractivity contribution in [3.05, 3.63) is 142 Å². The summed E-state index contributed by atoms with van der Waals surface area (Å²) in [6, 6.07) is 21.8. The van der Waals surface area contributed by atoms with Crippen LogP contribution in [0.1, 0.15) is 77.2 Å². The molecule has 6 rings (SSSR count). The van der Waals surface area contributed by atoms with Crippen LogP contribution in [0.15, 0.2) is 97.3 Å². The summed E-state index contributed by atoms with van der Waals surface area (Å²) in [5, 5.41) is 16.6. The van der Waals surface area contributed by atoms with Crippen LogP contribution in [0.2, 0.25) is 5.15 Å². The second-order valence-corrected chi connectivity index (χ2v) is 14.1. The second-order valence-electron chi connectivity index (χ2n) is 13.8. The summed E-state index contributed by atoms with van der Waals surface area (Å²) in [5.41, 5.74) is -3.49. The Bertz CT molecular complexity index is 2750. The van der Waals surface area contributed by atoms with Gasteiger partial charge in [-0.1, -0.05) is 48.0 Å². The van der Waals surface area contributed by atoms with E-state index in [1.165, 1.54) is 24.3 Å². The van der Waals surface area contributed by atoms with Gasteiger partial charge >= 0.3 is 18.3 Å². The van der Waals surface area contributed by atoms with Crippen LogP contribution in [-0.2, 0) is 17.1 Å². The molecule has 0 fully saturated rings. The van der Waals surface area contributed by atoms with Gasteiger partial charge in [0, 0.05) is 50.7 Å². The van der Waals surface area contributed by atoms with Gasteiger partial charge in [-0.05, 0) is 50.2 Å². The number of nitrogens with one attached hydrogen (secondary N) is 4. The number of pyridine rings is 2. The molecule has 4 N–H and O–H groups in total. The van der Waals surface area contributed by atoms with Gasteiger partial charge in [-0.15, -0.1) is 0 Å². The first-order chi connectivity index (χ1) is 32.9. The lowest BCUT2D eigenvalue weighted by Gasteiger charge is -2.11. The van der Waals surface area contributed by atoms with Crippen LogP contribution in [0.4, 0.5) is 26.3 Å². The van der Waals surface area contributed by atoms with E-state index < -0.39 is 64.5 Å². The first-order valence-electron chi connectivity index (χ1n) is 20.4. The largest absolute Gasteiger partial charge is 0.478 e. The fraction of sp³-hybridized carbons (Fsp3) is 0.250. The van der Waals surface area contributed by atoms with E-state index in [2.05, 4.69) is 46.2 Å². The molecule has 0 bridgehead atoms. The highest BCUT2D eigenvalue weighted by molar-refractivity contribution is 6.32. The minimum Gasteiger partial charge on any atom is -0.478 e. The van der Waals surface area contributed by atoms with Crippen molar-refractivity contribution in [2.24, 2.45) is 0 Å². The highest BCUT2D eigenvalue weighted by Crippen LogP contribution is 2.32.